The molecular weight excluding hydrogens is 366 g/mol. The molecule has 0 saturated heterocycles. The van der Waals surface area contributed by atoms with Gasteiger partial charge < -0.3 is 5.32 Å². The first-order valence-corrected chi connectivity index (χ1v) is 8.48. The average Bonchev–Trinajstić information content (AvgIpc) is 2.41. The molecule has 0 heterocycles. The molecule has 2 N–H and O–H groups in total. The van der Waals surface area contributed by atoms with Crippen LogP contribution in [0.15, 0.2) is 41.3 Å². The van der Waals surface area contributed by atoms with E-state index in [0.717, 1.165) is 18.2 Å². The van der Waals surface area contributed by atoms with Crippen molar-refractivity contribution in [3.8, 4) is 0 Å². The van der Waals surface area contributed by atoms with Gasteiger partial charge in [0.2, 0.25) is 5.91 Å². The van der Waals surface area contributed by atoms with Crippen LogP contribution in [0.5, 0.6) is 0 Å². The maximum absolute atomic E-state index is 13.0. The Morgan fingerprint density at radius 2 is 1.78 bits per heavy atom. The van der Waals surface area contributed by atoms with Crippen molar-refractivity contribution in [1.29, 1.82) is 0 Å². The van der Waals surface area contributed by atoms with Gasteiger partial charge in [0.15, 0.2) is 0 Å². The summed E-state index contributed by atoms with van der Waals surface area (Å²) >= 11 is 11.7. The lowest BCUT2D eigenvalue weighted by atomic mass is 10.3. The number of anilines is 2. The summed E-state index contributed by atoms with van der Waals surface area (Å²) in [5.41, 5.74) is 0.420. The first kappa shape index (κ1) is 17.5. The standard InChI is InChI=1S/C14H11Cl2FN2O3S/c1-8(20)18-13-7-10(3-4-11(13)15)19-23(21,22)14-5-2-9(17)6-12(14)16/h2-7,19H,1H3,(H,18,20). The van der Waals surface area contributed by atoms with Crippen LogP contribution >= 0.6 is 23.2 Å². The summed E-state index contributed by atoms with van der Waals surface area (Å²) in [6.07, 6.45) is 0. The molecule has 0 saturated carbocycles. The van der Waals surface area contributed by atoms with E-state index in [-0.39, 0.29) is 32.2 Å². The van der Waals surface area contributed by atoms with Gasteiger partial charge in [-0.1, -0.05) is 23.2 Å². The smallest absolute Gasteiger partial charge is 0.263 e. The molecule has 5 nitrogen and oxygen atoms in total. The quantitative estimate of drug-likeness (QED) is 0.849. The normalized spacial score (nSPS) is 11.1. The predicted octanol–water partition coefficient (Wildman–Crippen LogP) is 3.89. The molecule has 0 unspecified atom stereocenters. The van der Waals surface area contributed by atoms with E-state index in [1.165, 1.54) is 25.1 Å². The maximum Gasteiger partial charge on any atom is 0.263 e. The number of carbonyl (C=O) groups is 1. The van der Waals surface area contributed by atoms with Crippen LogP contribution in [-0.4, -0.2) is 14.3 Å². The number of nitrogens with one attached hydrogen (secondary N) is 2. The Bertz CT molecular complexity index is 872. The van der Waals surface area contributed by atoms with E-state index in [0.29, 0.717) is 0 Å². The highest BCUT2D eigenvalue weighted by atomic mass is 35.5. The van der Waals surface area contributed by atoms with Crippen molar-refractivity contribution >= 4 is 50.5 Å². The van der Waals surface area contributed by atoms with Gasteiger partial charge in [-0.15, -0.1) is 0 Å². The van der Waals surface area contributed by atoms with E-state index in [4.69, 9.17) is 23.2 Å². The molecule has 1 amide bonds. The summed E-state index contributed by atoms with van der Waals surface area (Å²) in [6.45, 7) is 1.30. The fourth-order valence-corrected chi connectivity index (χ4v) is 3.52. The van der Waals surface area contributed by atoms with Crippen LogP contribution in [0.3, 0.4) is 0 Å². The highest BCUT2D eigenvalue weighted by Gasteiger charge is 2.19. The number of carbonyl (C=O) groups excluding carboxylic acids is 1. The van der Waals surface area contributed by atoms with Crippen molar-refractivity contribution in [1.82, 2.24) is 0 Å². The molecule has 0 atom stereocenters. The third-order valence-corrected chi connectivity index (χ3v) is 4.91. The van der Waals surface area contributed by atoms with Gasteiger partial charge in [-0.05, 0) is 36.4 Å². The number of benzene rings is 2. The van der Waals surface area contributed by atoms with Crippen LogP contribution in [-0.2, 0) is 14.8 Å². The first-order valence-electron chi connectivity index (χ1n) is 6.24. The summed E-state index contributed by atoms with van der Waals surface area (Å²) < 4.78 is 39.9. The van der Waals surface area contributed by atoms with Gasteiger partial charge in [-0.3, -0.25) is 9.52 Å². The third kappa shape index (κ3) is 4.34. The Balaban J connectivity index is 2.35. The van der Waals surface area contributed by atoms with Gasteiger partial charge in [0, 0.05) is 6.92 Å². The lowest BCUT2D eigenvalue weighted by molar-refractivity contribution is -0.114. The third-order valence-electron chi connectivity index (χ3n) is 2.71. The lowest BCUT2D eigenvalue weighted by Gasteiger charge is -2.12. The summed E-state index contributed by atoms with van der Waals surface area (Å²) in [5, 5.41) is 2.49. The van der Waals surface area contributed by atoms with E-state index >= 15 is 0 Å². The minimum atomic E-state index is -4.02. The van der Waals surface area contributed by atoms with E-state index in [9.17, 15) is 17.6 Å². The second-order valence-electron chi connectivity index (χ2n) is 4.56. The topological polar surface area (TPSA) is 75.3 Å². The molecule has 0 spiro atoms. The van der Waals surface area contributed by atoms with Crippen LogP contribution in [0, 0.1) is 5.82 Å². The van der Waals surface area contributed by atoms with Crippen LogP contribution in [0.4, 0.5) is 15.8 Å². The minimum Gasteiger partial charge on any atom is -0.325 e. The van der Waals surface area contributed by atoms with Crippen molar-refractivity contribution in [3.63, 3.8) is 0 Å². The number of halogens is 3. The lowest BCUT2D eigenvalue weighted by Crippen LogP contribution is -2.14. The van der Waals surface area contributed by atoms with Gasteiger partial charge in [-0.25, -0.2) is 12.8 Å². The first-order chi connectivity index (χ1) is 10.7. The Kier molecular flexibility index (Phi) is 5.13. The summed E-state index contributed by atoms with van der Waals surface area (Å²) in [4.78, 5) is 10.8. The van der Waals surface area contributed by atoms with Crippen molar-refractivity contribution in [2.45, 2.75) is 11.8 Å². The molecule has 0 aliphatic heterocycles. The molecule has 2 aromatic carbocycles. The molecule has 0 aromatic heterocycles. The average molecular weight is 377 g/mol. The predicted molar refractivity (Wildman–Crippen MR) is 88.0 cm³/mol. The molecule has 0 bridgehead atoms. The summed E-state index contributed by atoms with van der Waals surface area (Å²) in [5.74, 6) is -0.998. The molecule has 2 rings (SSSR count). The van der Waals surface area contributed by atoms with E-state index in [1.54, 1.807) is 0 Å². The van der Waals surface area contributed by atoms with Crippen LogP contribution < -0.4 is 10.0 Å². The Hall–Kier alpha value is -1.83. The Morgan fingerprint density at radius 1 is 1.09 bits per heavy atom. The van der Waals surface area contributed by atoms with Crippen molar-refractivity contribution in [2.75, 3.05) is 10.0 Å². The SMILES string of the molecule is CC(=O)Nc1cc(NS(=O)(=O)c2ccc(F)cc2Cl)ccc1Cl. The fourth-order valence-electron chi connectivity index (χ4n) is 1.78. The van der Waals surface area contributed by atoms with Gasteiger partial charge in [0.25, 0.3) is 10.0 Å². The summed E-state index contributed by atoms with van der Waals surface area (Å²) in [6, 6.07) is 7.16. The minimum absolute atomic E-state index is 0.165. The highest BCUT2D eigenvalue weighted by Crippen LogP contribution is 2.28. The molecule has 9 heteroatoms. The number of hydrogen-bond acceptors (Lipinski definition) is 3. The second kappa shape index (κ2) is 6.74. The molecule has 0 radical (unpaired) electrons. The van der Waals surface area contributed by atoms with Crippen LogP contribution in [0.1, 0.15) is 6.92 Å². The zero-order valence-corrected chi connectivity index (χ0v) is 14.1. The largest absolute Gasteiger partial charge is 0.325 e. The van der Waals surface area contributed by atoms with Crippen molar-refractivity contribution in [3.05, 3.63) is 52.3 Å². The molecule has 0 aliphatic carbocycles. The highest BCUT2D eigenvalue weighted by molar-refractivity contribution is 7.92. The number of rotatable bonds is 4. The number of amides is 1. The van der Waals surface area contributed by atoms with Crippen molar-refractivity contribution in [2.24, 2.45) is 0 Å². The monoisotopic (exact) mass is 376 g/mol. The van der Waals surface area contributed by atoms with Gasteiger partial charge in [-0.2, -0.15) is 0 Å². The Morgan fingerprint density at radius 3 is 2.39 bits per heavy atom. The Labute approximate surface area is 142 Å². The fraction of sp³-hybridized carbons (Fsp3) is 0.0714. The van der Waals surface area contributed by atoms with E-state index in [2.05, 4.69) is 10.0 Å². The van der Waals surface area contributed by atoms with Gasteiger partial charge >= 0.3 is 0 Å². The van der Waals surface area contributed by atoms with E-state index in [1.807, 2.05) is 0 Å². The zero-order chi connectivity index (χ0) is 17.2. The second-order valence-corrected chi connectivity index (χ2v) is 7.02. The molecule has 23 heavy (non-hydrogen) atoms. The van der Waals surface area contributed by atoms with Crippen molar-refractivity contribution < 1.29 is 17.6 Å². The maximum atomic E-state index is 13.0. The van der Waals surface area contributed by atoms with E-state index < -0.39 is 15.8 Å². The molecule has 0 fully saturated rings. The molecule has 0 aliphatic rings. The van der Waals surface area contributed by atoms with Gasteiger partial charge in [0.1, 0.15) is 10.7 Å². The molecular formula is C14H11Cl2FN2O3S. The summed E-state index contributed by atoms with van der Waals surface area (Å²) in [7, 11) is -4.02. The van der Waals surface area contributed by atoms with Crippen LogP contribution in [0.2, 0.25) is 10.0 Å². The number of sulfonamides is 1. The molecule has 2 aromatic rings. The zero-order valence-electron chi connectivity index (χ0n) is 11.7. The van der Waals surface area contributed by atoms with Crippen LogP contribution in [0.25, 0.3) is 0 Å². The number of hydrogen-bond donors (Lipinski definition) is 2. The van der Waals surface area contributed by atoms with Gasteiger partial charge in [0.05, 0.1) is 21.4 Å². The molecule has 122 valence electrons.